The molecule has 16 heavy (non-hydrogen) atoms. The molecule has 1 saturated heterocycles. The van der Waals surface area contributed by atoms with E-state index in [1.165, 1.54) is 31.1 Å². The van der Waals surface area contributed by atoms with Crippen molar-refractivity contribution in [3.05, 3.63) is 48.6 Å². The molecule has 2 heteroatoms. The van der Waals surface area contributed by atoms with Crippen molar-refractivity contribution in [3.63, 3.8) is 0 Å². The monoisotopic (exact) mass is 219 g/mol. The summed E-state index contributed by atoms with van der Waals surface area (Å²) in [5.41, 5.74) is 1.50. The molecule has 0 saturated carbocycles. The number of aliphatic hydroxyl groups is 1. The molecular weight excluding hydrogens is 198 g/mol. The van der Waals surface area contributed by atoms with E-state index in [2.05, 4.69) is 48.9 Å². The fourth-order valence-electron chi connectivity index (χ4n) is 1.93. The SMILES string of the molecule is C=CCO.CN1CCC(c2ccccc2)C1. The van der Waals surface area contributed by atoms with Gasteiger partial charge < -0.3 is 10.0 Å². The summed E-state index contributed by atoms with van der Waals surface area (Å²) in [6.45, 7) is 5.79. The van der Waals surface area contributed by atoms with Crippen molar-refractivity contribution in [2.45, 2.75) is 12.3 Å². The first kappa shape index (κ1) is 12.9. The van der Waals surface area contributed by atoms with E-state index in [1.807, 2.05) is 0 Å². The topological polar surface area (TPSA) is 23.5 Å². The summed E-state index contributed by atoms with van der Waals surface area (Å²) in [6, 6.07) is 10.8. The van der Waals surface area contributed by atoms with E-state index in [0.29, 0.717) is 0 Å². The van der Waals surface area contributed by atoms with Crippen molar-refractivity contribution < 1.29 is 5.11 Å². The Morgan fingerprint density at radius 2 is 2.06 bits per heavy atom. The van der Waals surface area contributed by atoms with E-state index in [9.17, 15) is 0 Å². The largest absolute Gasteiger partial charge is 0.392 e. The van der Waals surface area contributed by atoms with Gasteiger partial charge in [-0.3, -0.25) is 0 Å². The van der Waals surface area contributed by atoms with Crippen LogP contribution in [0.4, 0.5) is 0 Å². The third kappa shape index (κ3) is 4.17. The smallest absolute Gasteiger partial charge is 0.0609 e. The Bertz CT molecular complexity index is 297. The van der Waals surface area contributed by atoms with Gasteiger partial charge in [-0.1, -0.05) is 36.4 Å². The summed E-state index contributed by atoms with van der Waals surface area (Å²) < 4.78 is 0. The number of rotatable bonds is 2. The maximum Gasteiger partial charge on any atom is 0.0609 e. The van der Waals surface area contributed by atoms with Crippen LogP contribution in [0.1, 0.15) is 17.9 Å². The fourth-order valence-corrected chi connectivity index (χ4v) is 1.93. The lowest BCUT2D eigenvalue weighted by molar-refractivity contribution is 0.343. The summed E-state index contributed by atoms with van der Waals surface area (Å²) in [4.78, 5) is 2.40. The van der Waals surface area contributed by atoms with Crippen LogP contribution >= 0.6 is 0 Å². The lowest BCUT2D eigenvalue weighted by Crippen LogP contribution is -2.13. The van der Waals surface area contributed by atoms with Gasteiger partial charge in [0.15, 0.2) is 0 Å². The highest BCUT2D eigenvalue weighted by molar-refractivity contribution is 5.20. The van der Waals surface area contributed by atoms with Crippen molar-refractivity contribution in [3.8, 4) is 0 Å². The second-order valence-corrected chi connectivity index (χ2v) is 4.13. The van der Waals surface area contributed by atoms with Crippen molar-refractivity contribution in [1.29, 1.82) is 0 Å². The van der Waals surface area contributed by atoms with E-state index in [4.69, 9.17) is 5.11 Å². The standard InChI is InChI=1S/C11H15N.C3H6O/c1-12-8-7-11(9-12)10-5-3-2-4-6-10;1-2-3-4/h2-6,11H,7-9H2,1H3;2,4H,1,3H2. The first-order chi connectivity index (χ1) is 7.77. The zero-order valence-electron chi connectivity index (χ0n) is 9.97. The molecular formula is C14H21NO. The molecule has 1 aromatic carbocycles. The summed E-state index contributed by atoms with van der Waals surface area (Å²) >= 11 is 0. The van der Waals surface area contributed by atoms with Crippen LogP contribution in [0.2, 0.25) is 0 Å². The molecule has 1 atom stereocenters. The van der Waals surface area contributed by atoms with Crippen molar-refractivity contribution >= 4 is 0 Å². The zero-order valence-corrected chi connectivity index (χ0v) is 9.97. The summed E-state index contributed by atoms with van der Waals surface area (Å²) in [5.74, 6) is 0.774. The van der Waals surface area contributed by atoms with Crippen molar-refractivity contribution in [2.24, 2.45) is 0 Å². The number of benzene rings is 1. The Balaban J connectivity index is 0.000000280. The lowest BCUT2D eigenvalue weighted by atomic mass is 9.99. The number of likely N-dealkylation sites (N-methyl/N-ethyl adjacent to an activating group) is 1. The average Bonchev–Trinajstić information content (AvgIpc) is 2.77. The minimum Gasteiger partial charge on any atom is -0.392 e. The molecule has 1 heterocycles. The second-order valence-electron chi connectivity index (χ2n) is 4.13. The van der Waals surface area contributed by atoms with Gasteiger partial charge in [0.1, 0.15) is 0 Å². The fraction of sp³-hybridized carbons (Fsp3) is 0.429. The highest BCUT2D eigenvalue weighted by Gasteiger charge is 2.20. The first-order valence-electron chi connectivity index (χ1n) is 5.73. The Labute approximate surface area is 98.2 Å². The van der Waals surface area contributed by atoms with E-state index >= 15 is 0 Å². The predicted octanol–water partition coefficient (Wildman–Crippen LogP) is 2.27. The normalized spacial score (nSPS) is 20.0. The molecule has 2 rings (SSSR count). The van der Waals surface area contributed by atoms with Crippen LogP contribution in [0, 0.1) is 0 Å². The number of nitrogens with zero attached hydrogens (tertiary/aromatic N) is 1. The average molecular weight is 219 g/mol. The van der Waals surface area contributed by atoms with Gasteiger partial charge in [-0.2, -0.15) is 0 Å². The molecule has 1 N–H and O–H groups in total. The Morgan fingerprint density at radius 1 is 1.44 bits per heavy atom. The molecule has 1 unspecified atom stereocenters. The van der Waals surface area contributed by atoms with E-state index in [-0.39, 0.29) is 6.61 Å². The van der Waals surface area contributed by atoms with Gasteiger partial charge in [-0.25, -0.2) is 0 Å². The van der Waals surface area contributed by atoms with Gasteiger partial charge in [0.2, 0.25) is 0 Å². The van der Waals surface area contributed by atoms with Crippen molar-refractivity contribution in [1.82, 2.24) is 4.90 Å². The van der Waals surface area contributed by atoms with Crippen molar-refractivity contribution in [2.75, 3.05) is 26.7 Å². The molecule has 88 valence electrons. The summed E-state index contributed by atoms with van der Waals surface area (Å²) in [7, 11) is 2.20. The minimum atomic E-state index is 0.0833. The molecule has 1 aliphatic rings. The molecule has 0 radical (unpaired) electrons. The third-order valence-corrected chi connectivity index (χ3v) is 2.79. The van der Waals surface area contributed by atoms with E-state index in [0.717, 1.165) is 5.92 Å². The lowest BCUT2D eigenvalue weighted by Gasteiger charge is -2.09. The molecule has 2 nitrogen and oxygen atoms in total. The Kier molecular flexibility index (Phi) is 5.83. The first-order valence-corrected chi connectivity index (χ1v) is 5.73. The van der Waals surface area contributed by atoms with Gasteiger partial charge in [0.25, 0.3) is 0 Å². The molecule has 1 fully saturated rings. The number of hydrogen-bond donors (Lipinski definition) is 1. The second kappa shape index (κ2) is 7.20. The van der Waals surface area contributed by atoms with Gasteiger partial charge in [0, 0.05) is 6.54 Å². The summed E-state index contributed by atoms with van der Waals surface area (Å²) in [5, 5.41) is 7.76. The number of aliphatic hydroxyl groups excluding tert-OH is 1. The Hall–Kier alpha value is -1.12. The summed E-state index contributed by atoms with van der Waals surface area (Å²) in [6.07, 6.45) is 2.75. The molecule has 0 aliphatic carbocycles. The Morgan fingerprint density at radius 3 is 2.50 bits per heavy atom. The van der Waals surface area contributed by atoms with Gasteiger partial charge in [-0.05, 0) is 31.5 Å². The minimum absolute atomic E-state index is 0.0833. The number of hydrogen-bond acceptors (Lipinski definition) is 2. The van der Waals surface area contributed by atoms with Gasteiger partial charge in [-0.15, -0.1) is 6.58 Å². The van der Waals surface area contributed by atoms with Crippen LogP contribution in [0.3, 0.4) is 0 Å². The van der Waals surface area contributed by atoms with Gasteiger partial charge >= 0.3 is 0 Å². The maximum absolute atomic E-state index is 7.76. The maximum atomic E-state index is 7.76. The van der Waals surface area contributed by atoms with Crippen LogP contribution in [0.25, 0.3) is 0 Å². The van der Waals surface area contributed by atoms with E-state index in [1.54, 1.807) is 0 Å². The molecule has 1 aliphatic heterocycles. The van der Waals surface area contributed by atoms with Crippen LogP contribution in [-0.4, -0.2) is 36.8 Å². The molecule has 1 aromatic rings. The van der Waals surface area contributed by atoms with Gasteiger partial charge in [0.05, 0.1) is 6.61 Å². The highest BCUT2D eigenvalue weighted by atomic mass is 16.2. The quantitative estimate of drug-likeness (QED) is 0.771. The zero-order chi connectivity index (χ0) is 11.8. The van der Waals surface area contributed by atoms with Crippen LogP contribution in [0.5, 0.6) is 0 Å². The van der Waals surface area contributed by atoms with Crippen LogP contribution < -0.4 is 0 Å². The highest BCUT2D eigenvalue weighted by Crippen LogP contribution is 2.25. The molecule has 0 spiro atoms. The predicted molar refractivity (Wildman–Crippen MR) is 68.6 cm³/mol. The molecule has 0 aromatic heterocycles. The molecule has 0 amide bonds. The van der Waals surface area contributed by atoms with Crippen LogP contribution in [-0.2, 0) is 0 Å². The van der Waals surface area contributed by atoms with Crippen LogP contribution in [0.15, 0.2) is 43.0 Å². The number of likely N-dealkylation sites (tertiary alicyclic amines) is 1. The third-order valence-electron chi connectivity index (χ3n) is 2.79. The molecule has 0 bridgehead atoms. The van der Waals surface area contributed by atoms with E-state index < -0.39 is 0 Å².